The maximum absolute atomic E-state index is 13.7. The monoisotopic (exact) mass is 363 g/mol. The van der Waals surface area contributed by atoms with Crippen molar-refractivity contribution >= 4 is 11.8 Å². The number of nitrogens with zero attached hydrogens (tertiary/aromatic N) is 1. The number of non-ortho nitro benzene ring substituents is 1. The highest BCUT2D eigenvalue weighted by Crippen LogP contribution is 2.33. The minimum Gasteiger partial charge on any atom is -0.395 e. The number of nitro groups is 1. The highest BCUT2D eigenvalue weighted by atomic mass is 19.3. The second-order valence-corrected chi connectivity index (χ2v) is 4.44. The molecule has 132 valence electrons. The van der Waals surface area contributed by atoms with Crippen molar-refractivity contribution in [2.75, 3.05) is 0 Å². The quantitative estimate of drug-likeness (QED) is 0.202. The van der Waals surface area contributed by atoms with Crippen LogP contribution in [0.25, 0.3) is 0 Å². The molecule has 0 aliphatic heterocycles. The van der Waals surface area contributed by atoms with Crippen LogP contribution in [0.15, 0.2) is 36.4 Å². The lowest BCUT2D eigenvalue weighted by Gasteiger charge is -2.17. The Balaban J connectivity index is 2.13. The van der Waals surface area contributed by atoms with E-state index in [0.717, 1.165) is 24.3 Å². The number of hydrogen-bond acceptors (Lipinski definition) is 5. The van der Waals surface area contributed by atoms with Gasteiger partial charge < -0.3 is 9.47 Å². The van der Waals surface area contributed by atoms with Crippen molar-refractivity contribution in [2.24, 2.45) is 0 Å². The molecule has 0 saturated carbocycles. The summed E-state index contributed by atoms with van der Waals surface area (Å²) in [5.41, 5.74) is -2.07. The van der Waals surface area contributed by atoms with Crippen LogP contribution in [0.5, 0.6) is 5.75 Å². The van der Waals surface area contributed by atoms with Gasteiger partial charge in [0, 0.05) is 12.1 Å². The molecule has 0 atom stereocenters. The predicted molar refractivity (Wildman–Crippen MR) is 70.4 cm³/mol. The number of hydrogen-bond donors (Lipinski definition) is 0. The van der Waals surface area contributed by atoms with Gasteiger partial charge in [-0.1, -0.05) is 0 Å². The van der Waals surface area contributed by atoms with Gasteiger partial charge in [-0.3, -0.25) is 10.1 Å². The van der Waals surface area contributed by atoms with Crippen LogP contribution in [0.2, 0.25) is 0 Å². The highest BCUT2D eigenvalue weighted by molar-refractivity contribution is 5.64. The average Bonchev–Trinajstić information content (AvgIpc) is 2.52. The van der Waals surface area contributed by atoms with Crippen LogP contribution >= 0.6 is 0 Å². The predicted octanol–water partition coefficient (Wildman–Crippen LogP) is 4.28. The number of ether oxygens (including phenoxy) is 2. The summed E-state index contributed by atoms with van der Waals surface area (Å²) >= 11 is 0. The summed E-state index contributed by atoms with van der Waals surface area (Å²) in [5.74, 6) is -6.47. The third-order valence-electron chi connectivity index (χ3n) is 2.81. The van der Waals surface area contributed by atoms with Gasteiger partial charge in [-0.25, -0.2) is 18.0 Å². The zero-order valence-corrected chi connectivity index (χ0v) is 11.8. The molecule has 0 heterocycles. The Hall–Kier alpha value is -3.24. The van der Waals surface area contributed by atoms with Gasteiger partial charge in [-0.15, -0.1) is 0 Å². The van der Waals surface area contributed by atoms with Crippen LogP contribution in [0, 0.1) is 27.6 Å². The van der Waals surface area contributed by atoms with Crippen molar-refractivity contribution in [1.29, 1.82) is 0 Å². The Morgan fingerprint density at radius 1 is 1.00 bits per heavy atom. The van der Waals surface area contributed by atoms with Crippen LogP contribution in [-0.2, 0) is 10.8 Å². The van der Waals surface area contributed by atoms with Crippen molar-refractivity contribution in [3.05, 3.63) is 69.5 Å². The maximum Gasteiger partial charge on any atom is 0.518 e. The molecule has 2 rings (SSSR count). The van der Waals surface area contributed by atoms with E-state index in [2.05, 4.69) is 9.47 Å². The van der Waals surface area contributed by atoms with Crippen molar-refractivity contribution in [1.82, 2.24) is 0 Å². The Kier molecular flexibility index (Phi) is 4.86. The molecule has 0 spiro atoms. The first-order chi connectivity index (χ1) is 11.6. The van der Waals surface area contributed by atoms with Crippen LogP contribution in [-0.4, -0.2) is 11.1 Å². The first-order valence-corrected chi connectivity index (χ1v) is 6.29. The topological polar surface area (TPSA) is 78.7 Å². The number of alkyl halides is 2. The lowest BCUT2D eigenvalue weighted by molar-refractivity contribution is -0.384. The molecule has 0 radical (unpaired) electrons. The zero-order chi connectivity index (χ0) is 18.8. The van der Waals surface area contributed by atoms with Gasteiger partial charge in [-0.2, -0.15) is 8.78 Å². The first-order valence-electron chi connectivity index (χ1n) is 6.29. The van der Waals surface area contributed by atoms with Gasteiger partial charge in [0.15, 0.2) is 17.5 Å². The van der Waals surface area contributed by atoms with Gasteiger partial charge in [0.1, 0.15) is 11.3 Å². The van der Waals surface area contributed by atoms with E-state index in [9.17, 15) is 36.9 Å². The van der Waals surface area contributed by atoms with Crippen LogP contribution < -0.4 is 4.74 Å². The Morgan fingerprint density at radius 2 is 1.60 bits per heavy atom. The molecule has 11 heteroatoms. The summed E-state index contributed by atoms with van der Waals surface area (Å²) in [5, 5.41) is 10.4. The SMILES string of the molecule is O=C(Oc1ccc([N+](=O)[O-])cc1)OC(F)(F)c1ccc(F)c(F)c1F. The van der Waals surface area contributed by atoms with Crippen molar-refractivity contribution in [3.8, 4) is 5.75 Å². The molecule has 2 aromatic rings. The Bertz CT molecular complexity index is 825. The van der Waals surface area contributed by atoms with Gasteiger partial charge in [0.2, 0.25) is 0 Å². The molecule has 0 aromatic heterocycles. The van der Waals surface area contributed by atoms with E-state index in [4.69, 9.17) is 0 Å². The normalized spacial score (nSPS) is 11.1. The number of benzene rings is 2. The summed E-state index contributed by atoms with van der Waals surface area (Å²) in [4.78, 5) is 21.0. The molecule has 0 saturated heterocycles. The van der Waals surface area contributed by atoms with Crippen molar-refractivity contribution < 1.29 is 41.1 Å². The molecule has 0 bridgehead atoms. The molecule has 0 aliphatic carbocycles. The lowest BCUT2D eigenvalue weighted by atomic mass is 10.2. The summed E-state index contributed by atoms with van der Waals surface area (Å²) in [6.45, 7) is 0. The minimum atomic E-state index is -4.66. The molecule has 0 unspecified atom stereocenters. The smallest absolute Gasteiger partial charge is 0.395 e. The summed E-state index contributed by atoms with van der Waals surface area (Å²) in [7, 11) is 0. The second-order valence-electron chi connectivity index (χ2n) is 4.44. The molecule has 0 N–H and O–H groups in total. The van der Waals surface area contributed by atoms with Crippen LogP contribution in [0.3, 0.4) is 0 Å². The second kappa shape index (κ2) is 6.71. The third kappa shape index (κ3) is 4.00. The third-order valence-corrected chi connectivity index (χ3v) is 2.81. The van der Waals surface area contributed by atoms with Crippen molar-refractivity contribution in [3.63, 3.8) is 0 Å². The summed E-state index contributed by atoms with van der Waals surface area (Å²) < 4.78 is 74.5. The van der Waals surface area contributed by atoms with Gasteiger partial charge in [0.05, 0.1) is 4.92 Å². The maximum atomic E-state index is 13.7. The van der Waals surface area contributed by atoms with Gasteiger partial charge >= 0.3 is 12.3 Å². The molecule has 0 fully saturated rings. The van der Waals surface area contributed by atoms with E-state index in [1.165, 1.54) is 0 Å². The number of halogens is 5. The minimum absolute atomic E-state index is 0.201. The molecule has 0 amide bonds. The van der Waals surface area contributed by atoms with Gasteiger partial charge in [0.25, 0.3) is 5.69 Å². The zero-order valence-electron chi connectivity index (χ0n) is 11.8. The van der Waals surface area contributed by atoms with Gasteiger partial charge in [-0.05, 0) is 24.3 Å². The molecular weight excluding hydrogens is 357 g/mol. The summed E-state index contributed by atoms with van der Waals surface area (Å²) in [6, 6.07) is 4.14. The molecular formula is C14H6F5NO5. The molecule has 25 heavy (non-hydrogen) atoms. The van der Waals surface area contributed by atoms with E-state index in [1.807, 2.05) is 0 Å². The van der Waals surface area contributed by atoms with Crippen LogP contribution in [0.1, 0.15) is 5.56 Å². The number of nitro benzene ring substituents is 1. The van der Waals surface area contributed by atoms with E-state index >= 15 is 0 Å². The van der Waals surface area contributed by atoms with E-state index in [0.29, 0.717) is 0 Å². The van der Waals surface area contributed by atoms with E-state index in [-0.39, 0.29) is 23.6 Å². The molecule has 6 nitrogen and oxygen atoms in total. The Morgan fingerprint density at radius 3 is 2.16 bits per heavy atom. The first kappa shape index (κ1) is 18.1. The molecule has 2 aromatic carbocycles. The van der Waals surface area contributed by atoms with E-state index < -0.39 is 40.2 Å². The Labute approximate surface area is 135 Å². The highest BCUT2D eigenvalue weighted by Gasteiger charge is 2.42. The largest absolute Gasteiger partial charge is 0.518 e. The number of rotatable bonds is 4. The fraction of sp³-hybridized carbons (Fsp3) is 0.0714. The van der Waals surface area contributed by atoms with Crippen LogP contribution in [0.4, 0.5) is 32.4 Å². The fourth-order valence-corrected chi connectivity index (χ4v) is 1.66. The van der Waals surface area contributed by atoms with Crippen molar-refractivity contribution in [2.45, 2.75) is 6.11 Å². The number of carbonyl (C=O) groups excluding carboxylic acids is 1. The average molecular weight is 363 g/mol. The summed E-state index contributed by atoms with van der Waals surface area (Å²) in [6.07, 6.45) is -6.65. The fourth-order valence-electron chi connectivity index (χ4n) is 1.66. The van der Waals surface area contributed by atoms with E-state index in [1.54, 1.807) is 0 Å². The number of carbonyl (C=O) groups is 1. The lowest BCUT2D eigenvalue weighted by Crippen LogP contribution is -2.26. The standard InChI is InChI=1S/C14H6F5NO5/c15-10-6-5-9(11(16)12(10)17)14(18,19)25-13(21)24-8-3-1-7(2-4-8)20(22)23/h1-6H. The molecule has 0 aliphatic rings.